The number of carbonyl (C=O) groups excluding carboxylic acids is 1. The third-order valence-electron chi connectivity index (χ3n) is 2.05. The summed E-state index contributed by atoms with van der Waals surface area (Å²) in [4.78, 5) is 15.6. The molecule has 0 spiro atoms. The number of hydrogen-bond acceptors (Lipinski definition) is 7. The van der Waals surface area contributed by atoms with E-state index < -0.39 is 5.97 Å². The fourth-order valence-corrected chi connectivity index (χ4v) is 2.36. The van der Waals surface area contributed by atoms with Gasteiger partial charge in [-0.2, -0.15) is 0 Å². The van der Waals surface area contributed by atoms with Crippen LogP contribution in [-0.4, -0.2) is 23.2 Å². The highest BCUT2D eigenvalue weighted by atomic mass is 35.5. The van der Waals surface area contributed by atoms with Crippen molar-refractivity contribution in [2.75, 3.05) is 12.4 Å². The van der Waals surface area contributed by atoms with Crippen LogP contribution in [-0.2, 0) is 11.3 Å². The summed E-state index contributed by atoms with van der Waals surface area (Å²) < 4.78 is 9.62. The summed E-state index contributed by atoms with van der Waals surface area (Å²) in [6, 6.07) is 1.81. The van der Waals surface area contributed by atoms with Crippen LogP contribution in [0.25, 0.3) is 0 Å². The van der Waals surface area contributed by atoms with Crippen molar-refractivity contribution in [3.8, 4) is 0 Å². The number of carbonyl (C=O) groups is 1. The third kappa shape index (κ3) is 2.80. The molecule has 8 heteroatoms. The normalized spacial score (nSPS) is 10.4. The minimum Gasteiger partial charge on any atom is -0.465 e. The summed E-state index contributed by atoms with van der Waals surface area (Å²) in [5.74, 6) is 0.180. The van der Waals surface area contributed by atoms with Crippen molar-refractivity contribution in [1.82, 2.24) is 10.1 Å². The van der Waals surface area contributed by atoms with Gasteiger partial charge in [0.15, 0.2) is 20.9 Å². The molecule has 96 valence electrons. The molecule has 0 aliphatic rings. The van der Waals surface area contributed by atoms with Crippen LogP contribution in [0.4, 0.5) is 5.13 Å². The fourth-order valence-electron chi connectivity index (χ4n) is 1.26. The quantitative estimate of drug-likeness (QED) is 0.871. The maximum absolute atomic E-state index is 11.3. The molecule has 0 bridgehead atoms. The molecule has 0 aromatic carbocycles. The highest BCUT2D eigenvalue weighted by Crippen LogP contribution is 2.27. The van der Waals surface area contributed by atoms with Crippen LogP contribution >= 0.6 is 22.9 Å². The summed E-state index contributed by atoms with van der Waals surface area (Å²) in [5, 5.41) is 7.41. The molecule has 18 heavy (non-hydrogen) atoms. The number of methoxy groups -OCH3 is 1. The van der Waals surface area contributed by atoms with Crippen LogP contribution in [0, 0.1) is 6.92 Å². The number of nitrogens with one attached hydrogen (secondary N) is 1. The molecule has 2 aromatic heterocycles. The van der Waals surface area contributed by atoms with Crippen LogP contribution in [0.3, 0.4) is 0 Å². The minimum atomic E-state index is -0.499. The van der Waals surface area contributed by atoms with Gasteiger partial charge in [-0.25, -0.2) is 9.78 Å². The van der Waals surface area contributed by atoms with Crippen LogP contribution in [0.1, 0.15) is 21.1 Å². The second-order valence-corrected chi connectivity index (χ2v) is 4.78. The largest absolute Gasteiger partial charge is 0.465 e. The minimum absolute atomic E-state index is 0.128. The second-order valence-electron chi connectivity index (χ2n) is 3.42. The van der Waals surface area contributed by atoms with Crippen molar-refractivity contribution < 1.29 is 14.1 Å². The molecular formula is C10H10ClN3O3S. The predicted octanol–water partition coefficient (Wildman–Crippen LogP) is 2.49. The number of halogens is 1. The number of aryl methyl sites for hydroxylation is 1. The molecule has 0 amide bonds. The molecule has 0 fully saturated rings. The lowest BCUT2D eigenvalue weighted by molar-refractivity contribution is 0.0606. The molecule has 0 radical (unpaired) electrons. The van der Waals surface area contributed by atoms with Gasteiger partial charge in [0.2, 0.25) is 0 Å². The van der Waals surface area contributed by atoms with Crippen molar-refractivity contribution in [2.24, 2.45) is 0 Å². The Hall–Kier alpha value is -1.60. The topological polar surface area (TPSA) is 77.2 Å². The molecule has 0 aliphatic heterocycles. The average Bonchev–Trinajstić information content (AvgIpc) is 2.92. The molecular weight excluding hydrogens is 278 g/mol. The van der Waals surface area contributed by atoms with Crippen molar-refractivity contribution in [3.05, 3.63) is 27.6 Å². The Kier molecular flexibility index (Phi) is 3.83. The van der Waals surface area contributed by atoms with E-state index in [2.05, 4.69) is 20.2 Å². The zero-order valence-corrected chi connectivity index (χ0v) is 11.3. The van der Waals surface area contributed by atoms with E-state index in [9.17, 15) is 4.79 Å². The molecule has 0 saturated heterocycles. The zero-order valence-electron chi connectivity index (χ0n) is 9.69. The Morgan fingerprint density at radius 2 is 2.44 bits per heavy atom. The van der Waals surface area contributed by atoms with Gasteiger partial charge in [0.05, 0.1) is 19.3 Å². The van der Waals surface area contributed by atoms with Gasteiger partial charge < -0.3 is 14.6 Å². The lowest BCUT2D eigenvalue weighted by atomic mass is 10.4. The highest BCUT2D eigenvalue weighted by molar-refractivity contribution is 7.18. The Morgan fingerprint density at radius 1 is 1.67 bits per heavy atom. The van der Waals surface area contributed by atoms with Crippen molar-refractivity contribution in [2.45, 2.75) is 13.5 Å². The number of thiazole rings is 1. The third-order valence-corrected chi connectivity index (χ3v) is 3.43. The molecule has 1 N–H and O–H groups in total. The molecule has 0 aliphatic carbocycles. The van der Waals surface area contributed by atoms with Gasteiger partial charge in [-0.15, -0.1) is 0 Å². The maximum Gasteiger partial charge on any atom is 0.351 e. The Labute approximate surface area is 112 Å². The summed E-state index contributed by atoms with van der Waals surface area (Å²) in [7, 11) is 1.29. The van der Waals surface area contributed by atoms with Crippen LogP contribution < -0.4 is 5.32 Å². The van der Waals surface area contributed by atoms with E-state index >= 15 is 0 Å². The standard InChI is InChI=1S/C10H10ClN3O3S/c1-5-3-6(17-14-5)4-12-10-13-8(11)7(18-10)9(15)16-2/h3H,4H2,1-2H3,(H,12,13). The average molecular weight is 288 g/mol. The van der Waals surface area contributed by atoms with Crippen molar-refractivity contribution in [1.29, 1.82) is 0 Å². The first-order valence-electron chi connectivity index (χ1n) is 5.01. The summed E-state index contributed by atoms with van der Waals surface area (Å²) >= 11 is 6.95. The first kappa shape index (κ1) is 12.8. The lowest BCUT2D eigenvalue weighted by Crippen LogP contribution is -1.98. The van der Waals surface area contributed by atoms with Gasteiger partial charge in [0.25, 0.3) is 0 Å². The first-order valence-corrected chi connectivity index (χ1v) is 6.20. The molecule has 0 atom stereocenters. The molecule has 0 unspecified atom stereocenters. The number of anilines is 1. The number of aromatic nitrogens is 2. The predicted molar refractivity (Wildman–Crippen MR) is 67.0 cm³/mol. The van der Waals surface area contributed by atoms with E-state index in [0.717, 1.165) is 17.0 Å². The van der Waals surface area contributed by atoms with E-state index in [1.165, 1.54) is 7.11 Å². The monoisotopic (exact) mass is 287 g/mol. The maximum atomic E-state index is 11.3. The molecule has 6 nitrogen and oxygen atoms in total. The Morgan fingerprint density at radius 3 is 3.06 bits per heavy atom. The van der Waals surface area contributed by atoms with E-state index in [4.69, 9.17) is 16.1 Å². The van der Waals surface area contributed by atoms with Gasteiger partial charge in [-0.05, 0) is 6.92 Å². The molecule has 2 aromatic rings. The van der Waals surface area contributed by atoms with E-state index in [0.29, 0.717) is 17.4 Å². The van der Waals surface area contributed by atoms with E-state index in [-0.39, 0.29) is 10.0 Å². The van der Waals surface area contributed by atoms with E-state index in [1.54, 1.807) is 0 Å². The van der Waals surface area contributed by atoms with Crippen LogP contribution in [0.5, 0.6) is 0 Å². The Bertz CT molecular complexity index is 566. The van der Waals surface area contributed by atoms with Gasteiger partial charge in [0, 0.05) is 6.07 Å². The van der Waals surface area contributed by atoms with Crippen LogP contribution in [0.15, 0.2) is 10.6 Å². The summed E-state index contributed by atoms with van der Waals surface area (Å²) in [6.45, 7) is 2.26. The number of hydrogen-bond donors (Lipinski definition) is 1. The second kappa shape index (κ2) is 5.36. The van der Waals surface area contributed by atoms with Crippen LogP contribution in [0.2, 0.25) is 5.15 Å². The van der Waals surface area contributed by atoms with Crippen molar-refractivity contribution in [3.63, 3.8) is 0 Å². The molecule has 2 heterocycles. The van der Waals surface area contributed by atoms with Gasteiger partial charge in [-0.3, -0.25) is 0 Å². The number of nitrogens with zero attached hydrogens (tertiary/aromatic N) is 2. The SMILES string of the molecule is COC(=O)c1sc(NCc2cc(C)no2)nc1Cl. The van der Waals surface area contributed by atoms with Gasteiger partial charge >= 0.3 is 5.97 Å². The van der Waals surface area contributed by atoms with Gasteiger partial charge in [0.1, 0.15) is 0 Å². The zero-order chi connectivity index (χ0) is 13.1. The fraction of sp³-hybridized carbons (Fsp3) is 0.300. The lowest BCUT2D eigenvalue weighted by Gasteiger charge is -1.96. The van der Waals surface area contributed by atoms with E-state index in [1.807, 2.05) is 13.0 Å². The molecule has 0 saturated carbocycles. The Balaban J connectivity index is 2.04. The highest BCUT2D eigenvalue weighted by Gasteiger charge is 2.17. The molecule has 2 rings (SSSR count). The number of ether oxygens (including phenoxy) is 1. The summed E-state index contributed by atoms with van der Waals surface area (Å²) in [5.41, 5.74) is 0.805. The summed E-state index contributed by atoms with van der Waals surface area (Å²) in [6.07, 6.45) is 0. The van der Waals surface area contributed by atoms with Crippen molar-refractivity contribution >= 4 is 34.0 Å². The number of esters is 1. The first-order chi connectivity index (χ1) is 8.60. The van der Waals surface area contributed by atoms with Gasteiger partial charge in [-0.1, -0.05) is 28.1 Å². The number of rotatable bonds is 4. The smallest absolute Gasteiger partial charge is 0.351 e.